The largest absolute Gasteiger partial charge is 0.493 e. The van der Waals surface area contributed by atoms with Gasteiger partial charge in [0.05, 0.1) is 13.0 Å². The quantitative estimate of drug-likeness (QED) is 0.637. The van der Waals surface area contributed by atoms with Crippen molar-refractivity contribution >= 4 is 11.8 Å². The number of carbonyl (C=O) groups is 2. The first-order valence-electron chi connectivity index (χ1n) is 10.7. The van der Waals surface area contributed by atoms with E-state index in [0.717, 1.165) is 24.9 Å². The molecule has 31 heavy (non-hydrogen) atoms. The van der Waals surface area contributed by atoms with Crippen LogP contribution in [-0.4, -0.2) is 56.2 Å². The van der Waals surface area contributed by atoms with Gasteiger partial charge in [-0.3, -0.25) is 9.59 Å². The lowest BCUT2D eigenvalue weighted by molar-refractivity contribution is -0.153. The number of benzene rings is 1. The van der Waals surface area contributed by atoms with Crippen molar-refractivity contribution in [3.05, 3.63) is 23.8 Å². The van der Waals surface area contributed by atoms with Gasteiger partial charge in [0, 0.05) is 26.1 Å². The van der Waals surface area contributed by atoms with Gasteiger partial charge in [0.1, 0.15) is 0 Å². The minimum Gasteiger partial charge on any atom is -0.493 e. The fourth-order valence-electron chi connectivity index (χ4n) is 3.68. The summed E-state index contributed by atoms with van der Waals surface area (Å²) in [5.74, 6) is 0.652. The van der Waals surface area contributed by atoms with Crippen LogP contribution in [0.2, 0.25) is 0 Å². The number of amides is 2. The number of ether oxygens (including phenoxy) is 2. The first-order chi connectivity index (χ1) is 14.7. The van der Waals surface area contributed by atoms with Crippen LogP contribution in [0.15, 0.2) is 18.2 Å². The first-order valence-corrected chi connectivity index (χ1v) is 10.7. The average Bonchev–Trinajstić information content (AvgIpc) is 3.58. The Balaban J connectivity index is 1.49. The smallest absolute Gasteiger partial charge is 0.422 e. The summed E-state index contributed by atoms with van der Waals surface area (Å²) in [4.78, 5) is 26.8. The zero-order valence-corrected chi connectivity index (χ0v) is 17.7. The third kappa shape index (κ3) is 7.33. The number of halogens is 3. The van der Waals surface area contributed by atoms with Gasteiger partial charge in [0.25, 0.3) is 0 Å². The van der Waals surface area contributed by atoms with E-state index in [4.69, 9.17) is 9.47 Å². The van der Waals surface area contributed by atoms with E-state index in [1.165, 1.54) is 26.0 Å². The molecule has 9 heteroatoms. The van der Waals surface area contributed by atoms with Gasteiger partial charge in [0.2, 0.25) is 11.8 Å². The highest BCUT2D eigenvalue weighted by Crippen LogP contribution is 2.30. The molecule has 0 bridgehead atoms. The second-order valence-corrected chi connectivity index (χ2v) is 8.26. The van der Waals surface area contributed by atoms with E-state index in [0.29, 0.717) is 25.4 Å². The maximum Gasteiger partial charge on any atom is 0.422 e. The summed E-state index contributed by atoms with van der Waals surface area (Å²) in [6.07, 6.45) is 0.179. The van der Waals surface area contributed by atoms with Crippen LogP contribution < -0.4 is 14.8 Å². The first kappa shape index (κ1) is 23.2. The molecule has 0 spiro atoms. The number of carbonyl (C=O) groups excluding carboxylic acids is 2. The lowest BCUT2D eigenvalue weighted by Crippen LogP contribution is -2.45. The molecule has 1 aliphatic heterocycles. The predicted octanol–water partition coefficient (Wildman–Crippen LogP) is 3.33. The van der Waals surface area contributed by atoms with E-state index >= 15 is 0 Å². The number of piperidine rings is 1. The fraction of sp³-hybridized carbons (Fsp3) is 0.636. The predicted molar refractivity (Wildman–Crippen MR) is 108 cm³/mol. The van der Waals surface area contributed by atoms with E-state index in [1.54, 1.807) is 17.0 Å². The minimum absolute atomic E-state index is 0.00554. The van der Waals surface area contributed by atoms with E-state index in [2.05, 4.69) is 5.32 Å². The van der Waals surface area contributed by atoms with Crippen molar-refractivity contribution in [2.24, 2.45) is 11.8 Å². The summed E-state index contributed by atoms with van der Waals surface area (Å²) in [6, 6.07) is 4.64. The fourth-order valence-corrected chi connectivity index (χ4v) is 3.68. The number of likely N-dealkylation sites (tertiary alicyclic amines) is 1. The van der Waals surface area contributed by atoms with Crippen LogP contribution in [0, 0.1) is 11.8 Å². The van der Waals surface area contributed by atoms with Gasteiger partial charge in [-0.15, -0.1) is 0 Å². The zero-order chi connectivity index (χ0) is 22.4. The molecule has 1 saturated heterocycles. The molecule has 0 aromatic heterocycles. The van der Waals surface area contributed by atoms with Crippen molar-refractivity contribution in [1.29, 1.82) is 0 Å². The number of aryl methyl sites for hydroxylation is 1. The molecule has 1 heterocycles. The lowest BCUT2D eigenvalue weighted by atomic mass is 9.96. The maximum absolute atomic E-state index is 12.7. The van der Waals surface area contributed by atoms with E-state index in [1.807, 2.05) is 0 Å². The molecule has 2 fully saturated rings. The molecule has 0 radical (unpaired) electrons. The highest BCUT2D eigenvalue weighted by atomic mass is 19.4. The summed E-state index contributed by atoms with van der Waals surface area (Å²) >= 11 is 0. The second kappa shape index (κ2) is 10.2. The number of alkyl halides is 3. The summed E-state index contributed by atoms with van der Waals surface area (Å²) < 4.78 is 47.0. The maximum atomic E-state index is 12.7. The van der Waals surface area contributed by atoms with Crippen LogP contribution in [0.4, 0.5) is 13.2 Å². The summed E-state index contributed by atoms with van der Waals surface area (Å²) in [5.41, 5.74) is 0.764. The molecule has 1 unspecified atom stereocenters. The van der Waals surface area contributed by atoms with E-state index in [-0.39, 0.29) is 35.7 Å². The van der Waals surface area contributed by atoms with Crippen LogP contribution in [0.25, 0.3) is 0 Å². The third-order valence-corrected chi connectivity index (χ3v) is 5.65. The Bertz CT molecular complexity index is 781. The number of hydrogen-bond donors (Lipinski definition) is 1. The van der Waals surface area contributed by atoms with Crippen LogP contribution in [-0.2, 0) is 16.0 Å². The van der Waals surface area contributed by atoms with Crippen molar-refractivity contribution < 1.29 is 32.2 Å². The van der Waals surface area contributed by atoms with Gasteiger partial charge >= 0.3 is 6.18 Å². The Hall–Kier alpha value is -2.45. The standard InChI is InChI=1S/C22H29F3N2O4/c1-30-19-11-15(6-8-18(19)31-14-22(23,24)25)7-9-20(28)27-10-2-3-17(13-27)21(29)26-12-16-4-5-16/h6,8,11,16-17H,2-5,7,9-10,12-14H2,1H3,(H,26,29). The Morgan fingerprint density at radius 3 is 2.65 bits per heavy atom. The van der Waals surface area contributed by atoms with E-state index in [9.17, 15) is 22.8 Å². The van der Waals surface area contributed by atoms with Crippen LogP contribution >= 0.6 is 0 Å². The monoisotopic (exact) mass is 442 g/mol. The Morgan fingerprint density at radius 2 is 1.97 bits per heavy atom. The van der Waals surface area contributed by atoms with Crippen LogP contribution in [0.5, 0.6) is 11.5 Å². The normalized spacial score (nSPS) is 19.1. The molecule has 1 saturated carbocycles. The van der Waals surface area contributed by atoms with Crippen LogP contribution in [0.1, 0.15) is 37.7 Å². The molecule has 1 aromatic rings. The topological polar surface area (TPSA) is 67.9 Å². The second-order valence-electron chi connectivity index (χ2n) is 8.26. The number of hydrogen-bond acceptors (Lipinski definition) is 4. The van der Waals surface area contributed by atoms with Gasteiger partial charge in [-0.1, -0.05) is 6.07 Å². The SMILES string of the molecule is COc1cc(CCC(=O)N2CCCC(C(=O)NCC3CC3)C2)ccc1OCC(F)(F)F. The summed E-state index contributed by atoms with van der Waals surface area (Å²) in [6.45, 7) is 0.404. The summed E-state index contributed by atoms with van der Waals surface area (Å²) in [7, 11) is 1.35. The molecule has 1 N–H and O–H groups in total. The van der Waals surface area contributed by atoms with Crippen molar-refractivity contribution in [2.75, 3.05) is 33.4 Å². The van der Waals surface area contributed by atoms with Crippen molar-refractivity contribution in [3.63, 3.8) is 0 Å². The van der Waals surface area contributed by atoms with Crippen molar-refractivity contribution in [1.82, 2.24) is 10.2 Å². The molecule has 3 rings (SSSR count). The molecule has 1 aliphatic carbocycles. The van der Waals surface area contributed by atoms with Gasteiger partial charge in [-0.2, -0.15) is 13.2 Å². The highest BCUT2D eigenvalue weighted by molar-refractivity contribution is 5.81. The molecule has 2 aliphatic rings. The molecular formula is C22H29F3N2O4. The highest BCUT2D eigenvalue weighted by Gasteiger charge is 2.30. The summed E-state index contributed by atoms with van der Waals surface area (Å²) in [5, 5.41) is 3.00. The third-order valence-electron chi connectivity index (χ3n) is 5.65. The van der Waals surface area contributed by atoms with Gasteiger partial charge in [0.15, 0.2) is 18.1 Å². The Kier molecular flexibility index (Phi) is 7.67. The lowest BCUT2D eigenvalue weighted by Gasteiger charge is -2.32. The van der Waals surface area contributed by atoms with Gasteiger partial charge in [-0.05, 0) is 55.7 Å². The number of methoxy groups -OCH3 is 1. The number of nitrogens with one attached hydrogen (secondary N) is 1. The number of rotatable bonds is 9. The minimum atomic E-state index is -4.43. The zero-order valence-electron chi connectivity index (χ0n) is 17.7. The Morgan fingerprint density at radius 1 is 1.19 bits per heavy atom. The number of nitrogens with zero attached hydrogens (tertiary/aromatic N) is 1. The molecule has 1 aromatic carbocycles. The van der Waals surface area contributed by atoms with Gasteiger partial charge in [-0.25, -0.2) is 0 Å². The molecule has 6 nitrogen and oxygen atoms in total. The van der Waals surface area contributed by atoms with Crippen molar-refractivity contribution in [3.8, 4) is 11.5 Å². The van der Waals surface area contributed by atoms with Gasteiger partial charge < -0.3 is 19.7 Å². The molecule has 2 amide bonds. The van der Waals surface area contributed by atoms with Crippen molar-refractivity contribution in [2.45, 2.75) is 44.7 Å². The average molecular weight is 442 g/mol. The Labute approximate surface area is 180 Å². The van der Waals surface area contributed by atoms with Crippen LogP contribution in [0.3, 0.4) is 0 Å². The van der Waals surface area contributed by atoms with E-state index < -0.39 is 12.8 Å². The molecular weight excluding hydrogens is 413 g/mol. The molecule has 1 atom stereocenters. The molecule has 172 valence electrons.